The Hall–Kier alpha value is -8.90. The number of hydrogen-bond acceptors (Lipinski definition) is 22. The van der Waals surface area contributed by atoms with E-state index < -0.39 is 98.4 Å². The molecule has 0 unspecified atom stereocenters. The van der Waals surface area contributed by atoms with Crippen molar-refractivity contribution < 1.29 is 106 Å². The normalized spacial score (nSPS) is 12.9. The summed E-state index contributed by atoms with van der Waals surface area (Å²) in [6, 6.07) is 39.7. The van der Waals surface area contributed by atoms with E-state index >= 15 is 0 Å². The van der Waals surface area contributed by atoms with E-state index in [4.69, 9.17) is 89.2 Å². The first kappa shape index (κ1) is 77.3. The molecule has 6 rings (SSSR count). The van der Waals surface area contributed by atoms with Crippen molar-refractivity contribution in [3.05, 3.63) is 212 Å². The summed E-state index contributed by atoms with van der Waals surface area (Å²) in [5.74, 6) is -0.795. The molecule has 0 saturated heterocycles. The molecule has 0 aliphatic rings. The van der Waals surface area contributed by atoms with Crippen molar-refractivity contribution in [2.45, 2.75) is 137 Å². The maximum Gasteiger partial charge on any atom is 0.410 e. The summed E-state index contributed by atoms with van der Waals surface area (Å²) in [6.45, 7) is 7.63. The zero-order valence-corrected chi connectivity index (χ0v) is 62.5. The first-order chi connectivity index (χ1) is 51.1. The number of carbonyl (C=O) groups is 5. The molecule has 6 N–H and O–H groups in total. The number of rotatable bonds is 25. The highest BCUT2D eigenvalue weighted by molar-refractivity contribution is 5.92. The minimum absolute atomic E-state index is 0.297. The topological polar surface area (TPSA) is 318 Å². The first-order valence-electron chi connectivity index (χ1n) is 35.3. The Labute approximate surface area is 613 Å². The van der Waals surface area contributed by atoms with Crippen LogP contribution in [0.1, 0.15) is 181 Å². The number of amides is 4. The highest BCUT2D eigenvalue weighted by atomic mass is 16.7. The largest absolute Gasteiger partial charge is 0.465 e. The van der Waals surface area contributed by atoms with E-state index in [0.29, 0.717) is 38.9 Å². The molecule has 0 radical (unpaired) electrons. The number of primary amides is 1. The molecule has 0 aromatic heterocycles. The number of nitrogens with two attached hydrogens (primary N) is 2. The van der Waals surface area contributed by atoms with Crippen LogP contribution in [-0.2, 0) is 92.3 Å². The predicted octanol–water partition coefficient (Wildman–Crippen LogP) is 13.5. The third kappa shape index (κ3) is 36.6. The zero-order valence-electron chi connectivity index (χ0n) is 70.5. The molecule has 0 spiro atoms. The van der Waals surface area contributed by atoms with Gasteiger partial charge in [0.25, 0.3) is 0 Å². The van der Waals surface area contributed by atoms with Gasteiger partial charge in [-0.2, -0.15) is 0 Å². The fraction of sp³-hybridized carbons (Fsp3) is 0.447. The van der Waals surface area contributed by atoms with Crippen LogP contribution in [0.3, 0.4) is 0 Å². The number of nitrogens with zero attached hydrogens (tertiary/aromatic N) is 3. The lowest BCUT2D eigenvalue weighted by molar-refractivity contribution is -0.106. The van der Waals surface area contributed by atoms with E-state index in [1.165, 1.54) is 68.0 Å². The van der Waals surface area contributed by atoms with Gasteiger partial charge in [0.1, 0.15) is 16.8 Å². The summed E-state index contributed by atoms with van der Waals surface area (Å²) in [5, 5.41) is 13.6. The molecule has 0 bridgehead atoms. The van der Waals surface area contributed by atoms with E-state index in [1.54, 1.807) is 238 Å². The zero-order chi connectivity index (χ0) is 84.3. The fourth-order valence-corrected chi connectivity index (χ4v) is 7.99. The Bertz CT molecular complexity index is 3710. The van der Waals surface area contributed by atoms with Crippen LogP contribution in [0.2, 0.25) is 0 Å². The molecule has 0 fully saturated rings. The number of ether oxygens (including phenoxy) is 14. The second kappa shape index (κ2) is 48.1. The van der Waals surface area contributed by atoms with Gasteiger partial charge in [-0.1, -0.05) is 126 Å². The van der Waals surface area contributed by atoms with Gasteiger partial charge in [-0.25, -0.2) is 19.2 Å². The van der Waals surface area contributed by atoms with Crippen LogP contribution < -0.4 is 16.8 Å². The second-order valence-corrected chi connectivity index (χ2v) is 24.0. The van der Waals surface area contributed by atoms with Crippen LogP contribution in [0.4, 0.5) is 14.4 Å². The molecule has 564 valence electrons. The van der Waals surface area contributed by atoms with E-state index in [0.717, 1.165) is 37.6 Å². The SMILES string of the molecule is COC(=O)c1ccc(C(OC)OC)cc1.COC(OC)c1ccc(C(N)=O)cc1.[2H]C([2H])(N)c1ccc(C(OC)OC)cc1.[2H]C([2H])(NC(=O)OC(C)(C)C)c1ccc(C(OC)OC)cc1.[2H]C([2H])(c1ccc(/C=N/O)cc1)N(C)C(=O)OC(C)(C)C.[2H]C([2H])(c1ccc(C(OC)OC)cc1)N(C)C(=O)OC(C)(C)C. The molecule has 4 amide bonds. The highest BCUT2D eigenvalue weighted by Gasteiger charge is 2.22. The minimum Gasteiger partial charge on any atom is -0.465 e. The molecule has 102 heavy (non-hydrogen) atoms. The van der Waals surface area contributed by atoms with Crippen molar-refractivity contribution in [3.8, 4) is 0 Å². The van der Waals surface area contributed by atoms with Gasteiger partial charge in [0.05, 0.1) is 27.1 Å². The highest BCUT2D eigenvalue weighted by Crippen LogP contribution is 2.23. The van der Waals surface area contributed by atoms with E-state index in [9.17, 15) is 24.0 Å². The second-order valence-electron chi connectivity index (χ2n) is 24.0. The molecule has 0 saturated carbocycles. The molecule has 26 nitrogen and oxygen atoms in total. The Balaban J connectivity index is 0.000000667. The molecule has 0 aliphatic carbocycles. The summed E-state index contributed by atoms with van der Waals surface area (Å²) < 4.78 is 134. The van der Waals surface area contributed by atoms with Crippen LogP contribution >= 0.6 is 0 Å². The third-order valence-electron chi connectivity index (χ3n) is 12.7. The number of carbonyl (C=O) groups excluding carboxylic acids is 5. The Morgan fingerprint density at radius 2 is 0.716 bits per heavy atom. The number of hydrogen-bond donors (Lipinski definition) is 4. The Morgan fingerprint density at radius 1 is 0.441 bits per heavy atom. The molecule has 0 heterocycles. The lowest BCUT2D eigenvalue weighted by Crippen LogP contribution is -2.33. The number of benzene rings is 6. The maximum atomic E-state index is 12.1. The van der Waals surface area contributed by atoms with Gasteiger partial charge in [-0.3, -0.25) is 4.79 Å². The fourth-order valence-electron chi connectivity index (χ4n) is 7.99. The van der Waals surface area contributed by atoms with Gasteiger partial charge in [-0.05, 0) is 114 Å². The summed E-state index contributed by atoms with van der Waals surface area (Å²) in [4.78, 5) is 59.5. The van der Waals surface area contributed by atoms with Crippen molar-refractivity contribution >= 4 is 36.4 Å². The van der Waals surface area contributed by atoms with Crippen molar-refractivity contribution in [1.82, 2.24) is 15.1 Å². The van der Waals surface area contributed by atoms with Crippen LogP contribution in [0.25, 0.3) is 0 Å². The number of nitrogens with one attached hydrogen (secondary N) is 1. The standard InChI is InChI=1S/C16H25NO4.C15H23NO4.C14H20N2O3.C11H14O4.C10H13NO3.C10H15NO2/c1-16(2,3)21-15(18)17(4)11-12-7-9-13(10-8-12)14(19-5)20-6;1-15(2,3)20-14(17)16-10-11-6-8-12(9-7-11)13(18-4)19-5;1-14(2,3)19-13(17)16(4)10-12-7-5-11(6-8-12)9-15-18;1-13-10(12)8-4-6-9(7-5-8)11(14-2)15-3;1-13-10(14-2)8-5-3-7(4-6-8)9(11)12;1-12-10(13-2)9-5-3-8(7-11)4-6-9/h7-10,14H,11H2,1-6H3;6-9,13H,10H2,1-5H3,(H,16,17);5-9,18H,10H2,1-4H3;4-7,11H,1-3H3;3-6,10H,1-2H3,(H2,11,12);3-6,10H,7,11H2,1-2H3/b;;15-9+;;;/i11D2;2*10D2;;;7D2. The minimum atomic E-state index is -2.05. The monoisotopic (exact) mass is 1430 g/mol. The van der Waals surface area contributed by atoms with Crippen molar-refractivity contribution in [2.24, 2.45) is 16.6 Å². The van der Waals surface area contributed by atoms with Crippen LogP contribution in [-0.4, -0.2) is 160 Å². The van der Waals surface area contributed by atoms with E-state index in [2.05, 4.69) is 15.2 Å². The Kier molecular flexibility index (Phi) is 36.4. The first-order valence-corrected chi connectivity index (χ1v) is 31.3. The van der Waals surface area contributed by atoms with Crippen molar-refractivity contribution in [3.63, 3.8) is 0 Å². The van der Waals surface area contributed by atoms with Gasteiger partial charge in [-0.15, -0.1) is 0 Å². The van der Waals surface area contributed by atoms with Crippen LogP contribution in [0, 0.1) is 0 Å². The van der Waals surface area contributed by atoms with Gasteiger partial charge < -0.3 is 98.1 Å². The molecular formula is C76H110N6O20. The molecular weight excluding hydrogens is 1320 g/mol. The maximum absolute atomic E-state index is 12.1. The van der Waals surface area contributed by atoms with E-state index in [1.807, 2.05) is 0 Å². The van der Waals surface area contributed by atoms with E-state index in [-0.39, 0.29) is 5.97 Å². The predicted molar refractivity (Wildman–Crippen MR) is 388 cm³/mol. The number of esters is 1. The number of oxime groups is 1. The molecule has 26 heteroatoms. The lowest BCUT2D eigenvalue weighted by atomic mass is 10.1. The third-order valence-corrected chi connectivity index (χ3v) is 12.7. The Morgan fingerprint density at radius 3 is 0.980 bits per heavy atom. The van der Waals surface area contributed by atoms with Crippen LogP contribution in [0.15, 0.2) is 151 Å². The summed E-state index contributed by atoms with van der Waals surface area (Å²) >= 11 is 0. The molecule has 6 aromatic rings. The number of alkyl carbamates (subject to hydrolysis) is 1. The summed E-state index contributed by atoms with van der Waals surface area (Å²) in [5.41, 5.74) is 15.4. The van der Waals surface area contributed by atoms with Crippen molar-refractivity contribution in [1.29, 1.82) is 0 Å². The number of methoxy groups -OCH3 is 11. The quantitative estimate of drug-likeness (QED) is 0.0103. The van der Waals surface area contributed by atoms with Gasteiger partial charge in [0.2, 0.25) is 5.91 Å². The average molecular weight is 1440 g/mol. The summed E-state index contributed by atoms with van der Waals surface area (Å²) in [7, 11) is 19.5. The molecule has 0 aliphatic heterocycles. The molecule has 0 atom stereocenters. The van der Waals surface area contributed by atoms with Gasteiger partial charge in [0, 0.05) is 147 Å². The van der Waals surface area contributed by atoms with Gasteiger partial charge in [0.15, 0.2) is 31.5 Å². The van der Waals surface area contributed by atoms with Crippen molar-refractivity contribution in [2.75, 3.05) is 92.3 Å². The lowest BCUT2D eigenvalue weighted by Gasteiger charge is -2.24. The van der Waals surface area contributed by atoms with Gasteiger partial charge >= 0.3 is 24.2 Å². The molecule has 6 aromatic carbocycles. The summed E-state index contributed by atoms with van der Waals surface area (Å²) in [6.07, 6.45) is -3.31. The smallest absolute Gasteiger partial charge is 0.410 e. The average Bonchev–Trinajstić information content (AvgIpc) is 0.815. The van der Waals surface area contributed by atoms with Crippen LogP contribution in [0.5, 0.6) is 0 Å².